The summed E-state index contributed by atoms with van der Waals surface area (Å²) in [7, 11) is 0. The van der Waals surface area contributed by atoms with E-state index in [4.69, 9.17) is 0 Å². The Kier molecular flexibility index (Phi) is 6.43. The van der Waals surface area contributed by atoms with Crippen molar-refractivity contribution in [2.75, 3.05) is 0 Å². The Morgan fingerprint density at radius 1 is 1.12 bits per heavy atom. The normalized spacial score (nSPS) is 13.3. The number of aromatic nitrogens is 4. The number of allylic oxidation sites excluding steroid dienone is 8. The molecule has 2 heterocycles. The van der Waals surface area contributed by atoms with Crippen LogP contribution in [0.1, 0.15) is 45.5 Å². The predicted octanol–water partition coefficient (Wildman–Crippen LogP) is 5.01. The summed E-state index contributed by atoms with van der Waals surface area (Å²) >= 11 is 0. The number of hydrogen-bond donors (Lipinski definition) is 0. The summed E-state index contributed by atoms with van der Waals surface area (Å²) in [6, 6.07) is 3.96. The Balaban J connectivity index is 2.28. The van der Waals surface area contributed by atoms with Crippen molar-refractivity contribution in [2.24, 2.45) is 0 Å². The highest BCUT2D eigenvalue weighted by Crippen LogP contribution is 2.17. The molecule has 124 valence electrons. The third kappa shape index (κ3) is 4.62. The summed E-state index contributed by atoms with van der Waals surface area (Å²) in [5.74, 6) is 0. The van der Waals surface area contributed by atoms with Crippen molar-refractivity contribution in [1.82, 2.24) is 20.0 Å². The van der Waals surface area contributed by atoms with Crippen LogP contribution in [-0.4, -0.2) is 20.0 Å². The van der Waals surface area contributed by atoms with Crippen molar-refractivity contribution in [1.29, 1.82) is 0 Å². The minimum atomic E-state index is 0.865. The molecule has 0 saturated carbocycles. The molecule has 2 aromatic rings. The van der Waals surface area contributed by atoms with Gasteiger partial charge in [0, 0.05) is 6.20 Å². The summed E-state index contributed by atoms with van der Waals surface area (Å²) in [5, 5.41) is 8.48. The maximum absolute atomic E-state index is 4.44. The topological polar surface area (TPSA) is 43.6 Å². The number of pyridine rings is 1. The Hall–Kier alpha value is -2.75. The zero-order valence-corrected chi connectivity index (χ0v) is 14.8. The van der Waals surface area contributed by atoms with Crippen LogP contribution in [0.5, 0.6) is 0 Å². The molecule has 0 spiro atoms. The smallest absolute Gasteiger partial charge is 0.109 e. The van der Waals surface area contributed by atoms with E-state index in [1.807, 2.05) is 50.4 Å². The van der Waals surface area contributed by atoms with Gasteiger partial charge in [-0.25, -0.2) is 4.68 Å². The molecule has 0 amide bonds. The van der Waals surface area contributed by atoms with Crippen LogP contribution in [0, 0.1) is 0 Å². The summed E-state index contributed by atoms with van der Waals surface area (Å²) in [5.41, 5.74) is 4.95. The summed E-state index contributed by atoms with van der Waals surface area (Å²) in [4.78, 5) is 4.44. The van der Waals surface area contributed by atoms with Crippen molar-refractivity contribution in [2.45, 2.75) is 34.1 Å². The van der Waals surface area contributed by atoms with Crippen molar-refractivity contribution in [3.05, 3.63) is 72.4 Å². The quantitative estimate of drug-likeness (QED) is 0.703. The molecule has 4 nitrogen and oxygen atoms in total. The average molecular weight is 320 g/mol. The lowest BCUT2D eigenvalue weighted by molar-refractivity contribution is 0.800. The third-order valence-electron chi connectivity index (χ3n) is 3.57. The van der Waals surface area contributed by atoms with E-state index < -0.39 is 0 Å². The first-order valence-electron chi connectivity index (χ1n) is 8.18. The second kappa shape index (κ2) is 8.77. The highest BCUT2D eigenvalue weighted by atomic mass is 15.4. The predicted molar refractivity (Wildman–Crippen MR) is 101 cm³/mol. The second-order valence-corrected chi connectivity index (χ2v) is 5.51. The molecule has 0 saturated heterocycles. The van der Waals surface area contributed by atoms with Crippen molar-refractivity contribution >= 4 is 11.1 Å². The molecule has 0 aromatic carbocycles. The molecule has 0 aliphatic rings. The van der Waals surface area contributed by atoms with Crippen molar-refractivity contribution in [3.8, 4) is 5.69 Å². The molecule has 0 aliphatic carbocycles. The number of rotatable bonds is 6. The van der Waals surface area contributed by atoms with E-state index in [1.54, 1.807) is 10.9 Å². The van der Waals surface area contributed by atoms with Gasteiger partial charge in [-0.1, -0.05) is 48.6 Å². The Morgan fingerprint density at radius 2 is 1.88 bits per heavy atom. The highest BCUT2D eigenvalue weighted by Gasteiger charge is 2.06. The Bertz CT molecular complexity index is 791. The summed E-state index contributed by atoms with van der Waals surface area (Å²) < 4.78 is 1.78. The molecular formula is C20H24N4. The van der Waals surface area contributed by atoms with E-state index in [0.29, 0.717) is 0 Å². The van der Waals surface area contributed by atoms with Gasteiger partial charge in [0.2, 0.25) is 0 Å². The SMILES string of the molecule is CC=CC=C(C)c1cn(-c2ccnc(C(C)=CC=CCC)c2)nn1. The number of nitrogens with zero attached hydrogens (tertiary/aromatic N) is 4. The lowest BCUT2D eigenvalue weighted by Gasteiger charge is -2.04. The molecule has 0 atom stereocenters. The van der Waals surface area contributed by atoms with Gasteiger partial charge in [0.15, 0.2) is 0 Å². The van der Waals surface area contributed by atoms with Gasteiger partial charge in [0.1, 0.15) is 5.69 Å². The minimum absolute atomic E-state index is 0.865. The van der Waals surface area contributed by atoms with Gasteiger partial charge in [0.25, 0.3) is 0 Å². The molecule has 0 fully saturated rings. The van der Waals surface area contributed by atoms with Crippen LogP contribution in [0.15, 0.2) is 61.0 Å². The van der Waals surface area contributed by atoms with E-state index >= 15 is 0 Å². The van der Waals surface area contributed by atoms with Gasteiger partial charge in [-0.3, -0.25) is 4.98 Å². The summed E-state index contributed by atoms with van der Waals surface area (Å²) in [6.07, 6.45) is 17.0. The van der Waals surface area contributed by atoms with Gasteiger partial charge in [0.05, 0.1) is 17.6 Å². The van der Waals surface area contributed by atoms with Gasteiger partial charge < -0.3 is 0 Å². The van der Waals surface area contributed by atoms with E-state index in [-0.39, 0.29) is 0 Å². The van der Waals surface area contributed by atoms with Crippen LogP contribution < -0.4 is 0 Å². The largest absolute Gasteiger partial charge is 0.256 e. The maximum atomic E-state index is 4.44. The molecule has 2 aromatic heterocycles. The minimum Gasteiger partial charge on any atom is -0.256 e. The van der Waals surface area contributed by atoms with E-state index in [0.717, 1.165) is 34.6 Å². The fourth-order valence-corrected chi connectivity index (χ4v) is 2.11. The average Bonchev–Trinajstić information content (AvgIpc) is 3.10. The standard InChI is InChI=1S/C20H24N4/c1-5-7-9-11-16(3)19-14-18(12-13-21-19)24-15-20(22-23-24)17(4)10-8-6-2/h6-15H,5H2,1-4H3. The van der Waals surface area contributed by atoms with Gasteiger partial charge in [-0.05, 0) is 50.5 Å². The van der Waals surface area contributed by atoms with E-state index in [9.17, 15) is 0 Å². The third-order valence-corrected chi connectivity index (χ3v) is 3.57. The van der Waals surface area contributed by atoms with Crippen LogP contribution in [0.25, 0.3) is 16.8 Å². The first-order chi connectivity index (χ1) is 11.7. The molecule has 0 N–H and O–H groups in total. The fraction of sp³-hybridized carbons (Fsp3) is 0.250. The van der Waals surface area contributed by atoms with Crippen LogP contribution in [0.4, 0.5) is 0 Å². The van der Waals surface area contributed by atoms with Crippen LogP contribution >= 0.6 is 0 Å². The molecule has 0 bridgehead atoms. The molecular weight excluding hydrogens is 296 g/mol. The van der Waals surface area contributed by atoms with Gasteiger partial charge in [-0.2, -0.15) is 0 Å². The summed E-state index contributed by atoms with van der Waals surface area (Å²) in [6.45, 7) is 8.19. The molecule has 0 radical (unpaired) electrons. The molecule has 0 unspecified atom stereocenters. The van der Waals surface area contributed by atoms with Crippen molar-refractivity contribution < 1.29 is 0 Å². The Morgan fingerprint density at radius 3 is 2.62 bits per heavy atom. The molecule has 0 aliphatic heterocycles. The highest BCUT2D eigenvalue weighted by molar-refractivity contribution is 5.64. The monoisotopic (exact) mass is 320 g/mol. The van der Waals surface area contributed by atoms with Crippen LogP contribution in [-0.2, 0) is 0 Å². The lowest BCUT2D eigenvalue weighted by atomic mass is 10.1. The zero-order valence-electron chi connectivity index (χ0n) is 14.8. The molecule has 2 rings (SSSR count). The second-order valence-electron chi connectivity index (χ2n) is 5.51. The fourth-order valence-electron chi connectivity index (χ4n) is 2.11. The van der Waals surface area contributed by atoms with E-state index in [1.165, 1.54) is 0 Å². The number of hydrogen-bond acceptors (Lipinski definition) is 3. The zero-order chi connectivity index (χ0) is 17.4. The maximum Gasteiger partial charge on any atom is 0.109 e. The lowest BCUT2D eigenvalue weighted by Crippen LogP contribution is -1.97. The van der Waals surface area contributed by atoms with Crippen LogP contribution in [0.2, 0.25) is 0 Å². The van der Waals surface area contributed by atoms with Crippen molar-refractivity contribution in [3.63, 3.8) is 0 Å². The van der Waals surface area contributed by atoms with Crippen LogP contribution in [0.3, 0.4) is 0 Å². The van der Waals surface area contributed by atoms with Gasteiger partial charge >= 0.3 is 0 Å². The van der Waals surface area contributed by atoms with Gasteiger partial charge in [-0.15, -0.1) is 5.10 Å². The van der Waals surface area contributed by atoms with E-state index in [2.05, 4.69) is 47.4 Å². The first-order valence-corrected chi connectivity index (χ1v) is 8.18. The molecule has 24 heavy (non-hydrogen) atoms. The Labute approximate surface area is 143 Å². The molecule has 4 heteroatoms. The first kappa shape index (κ1) is 17.6.